The number of fused-ring (bicyclic) bond motifs is 1. The summed E-state index contributed by atoms with van der Waals surface area (Å²) in [7, 11) is 2.89. The normalized spacial score (nSPS) is 10.3. The summed E-state index contributed by atoms with van der Waals surface area (Å²) in [5, 5.41) is 10.1. The van der Waals surface area contributed by atoms with E-state index >= 15 is 0 Å². The van der Waals surface area contributed by atoms with Crippen molar-refractivity contribution in [3.63, 3.8) is 0 Å². The van der Waals surface area contributed by atoms with Crippen molar-refractivity contribution in [2.45, 2.75) is 0 Å². The van der Waals surface area contributed by atoms with E-state index in [2.05, 4.69) is 4.98 Å². The molecule has 0 unspecified atom stereocenters. The second kappa shape index (κ2) is 4.40. The molecule has 0 aliphatic rings. The van der Waals surface area contributed by atoms with Crippen molar-refractivity contribution < 1.29 is 19.4 Å². The Bertz CT molecular complexity index is 625. The van der Waals surface area contributed by atoms with E-state index in [0.29, 0.717) is 28.0 Å². The molecule has 0 spiro atoms. The topological polar surface area (TPSA) is 94.7 Å². The number of carboxylic acid groups (broad SMARTS) is 1. The number of anilines is 1. The van der Waals surface area contributed by atoms with Gasteiger partial charge in [-0.05, 0) is 6.07 Å². The Morgan fingerprint density at radius 1 is 1.39 bits per heavy atom. The van der Waals surface area contributed by atoms with E-state index in [1.807, 2.05) is 0 Å². The van der Waals surface area contributed by atoms with Gasteiger partial charge in [0.2, 0.25) is 0 Å². The van der Waals surface area contributed by atoms with E-state index in [-0.39, 0.29) is 5.69 Å². The maximum absolute atomic E-state index is 11.2. The zero-order valence-corrected chi connectivity index (χ0v) is 9.93. The maximum Gasteiger partial charge on any atom is 0.355 e. The van der Waals surface area contributed by atoms with Gasteiger partial charge < -0.3 is 20.3 Å². The number of aromatic nitrogens is 1. The molecule has 2 aromatic rings. The van der Waals surface area contributed by atoms with E-state index in [0.717, 1.165) is 0 Å². The Balaban J connectivity index is 2.97. The summed E-state index contributed by atoms with van der Waals surface area (Å²) < 4.78 is 10.3. The molecule has 6 nitrogen and oxygen atoms in total. The molecule has 0 atom stereocenters. The second-order valence-corrected chi connectivity index (χ2v) is 3.59. The molecular weight excluding hydrogens is 236 g/mol. The molecule has 2 rings (SSSR count). The van der Waals surface area contributed by atoms with Gasteiger partial charge in [-0.3, -0.25) is 0 Å². The number of pyridine rings is 1. The smallest absolute Gasteiger partial charge is 0.355 e. The SMILES string of the molecule is COc1cc(N)c2ccnc(C(=O)O)c2c1OC. The predicted molar refractivity (Wildman–Crippen MR) is 66.2 cm³/mol. The number of carbonyl (C=O) groups is 1. The number of hydrogen-bond donors (Lipinski definition) is 2. The summed E-state index contributed by atoms with van der Waals surface area (Å²) in [5.41, 5.74) is 6.16. The molecule has 94 valence electrons. The number of ether oxygens (including phenoxy) is 2. The van der Waals surface area contributed by atoms with E-state index in [1.165, 1.54) is 20.4 Å². The largest absolute Gasteiger partial charge is 0.493 e. The number of aromatic carboxylic acids is 1. The Hall–Kier alpha value is -2.50. The number of carboxylic acids is 1. The Morgan fingerprint density at radius 3 is 2.67 bits per heavy atom. The second-order valence-electron chi connectivity index (χ2n) is 3.59. The van der Waals surface area contributed by atoms with Gasteiger partial charge in [-0.15, -0.1) is 0 Å². The Kier molecular flexibility index (Phi) is 2.93. The van der Waals surface area contributed by atoms with Crippen molar-refractivity contribution in [2.24, 2.45) is 0 Å². The van der Waals surface area contributed by atoms with Crippen LogP contribution in [0.1, 0.15) is 10.5 Å². The Morgan fingerprint density at radius 2 is 2.11 bits per heavy atom. The lowest BCUT2D eigenvalue weighted by molar-refractivity contribution is 0.0692. The fraction of sp³-hybridized carbons (Fsp3) is 0.167. The lowest BCUT2D eigenvalue weighted by Crippen LogP contribution is -2.04. The van der Waals surface area contributed by atoms with Crippen LogP contribution in [0.4, 0.5) is 5.69 Å². The number of benzene rings is 1. The van der Waals surface area contributed by atoms with Crippen LogP contribution in [0.25, 0.3) is 10.8 Å². The molecule has 0 radical (unpaired) electrons. The summed E-state index contributed by atoms with van der Waals surface area (Å²) in [4.78, 5) is 15.0. The van der Waals surface area contributed by atoms with Crippen LogP contribution in [-0.4, -0.2) is 30.3 Å². The van der Waals surface area contributed by atoms with Crippen molar-refractivity contribution in [1.82, 2.24) is 4.98 Å². The highest BCUT2D eigenvalue weighted by atomic mass is 16.5. The van der Waals surface area contributed by atoms with Crippen LogP contribution in [-0.2, 0) is 0 Å². The highest BCUT2D eigenvalue weighted by Crippen LogP contribution is 2.40. The van der Waals surface area contributed by atoms with Gasteiger partial charge in [-0.2, -0.15) is 0 Å². The average molecular weight is 248 g/mol. The first-order valence-corrected chi connectivity index (χ1v) is 5.12. The van der Waals surface area contributed by atoms with Gasteiger partial charge in [-0.1, -0.05) is 0 Å². The molecule has 0 aliphatic carbocycles. The van der Waals surface area contributed by atoms with Gasteiger partial charge in [0.05, 0.1) is 19.6 Å². The third-order valence-corrected chi connectivity index (χ3v) is 2.63. The summed E-state index contributed by atoms with van der Waals surface area (Å²) in [5.74, 6) is -0.461. The molecule has 0 bridgehead atoms. The summed E-state index contributed by atoms with van der Waals surface area (Å²) >= 11 is 0. The molecule has 1 aromatic heterocycles. The number of rotatable bonds is 3. The fourth-order valence-electron chi connectivity index (χ4n) is 1.86. The van der Waals surface area contributed by atoms with Crippen LogP contribution in [0, 0.1) is 0 Å². The van der Waals surface area contributed by atoms with Crippen molar-refractivity contribution in [2.75, 3.05) is 20.0 Å². The highest BCUT2D eigenvalue weighted by molar-refractivity contribution is 6.09. The maximum atomic E-state index is 11.2. The van der Waals surface area contributed by atoms with Crippen molar-refractivity contribution >= 4 is 22.4 Å². The minimum absolute atomic E-state index is 0.116. The standard InChI is InChI=1S/C12H12N2O4/c1-17-8-5-7(13)6-3-4-14-10(12(15)16)9(6)11(8)18-2/h3-5H,13H2,1-2H3,(H,15,16). The number of hydrogen-bond acceptors (Lipinski definition) is 5. The fourth-order valence-corrected chi connectivity index (χ4v) is 1.86. The van der Waals surface area contributed by atoms with Gasteiger partial charge in [0.15, 0.2) is 17.2 Å². The third-order valence-electron chi connectivity index (χ3n) is 2.63. The zero-order chi connectivity index (χ0) is 13.3. The van der Waals surface area contributed by atoms with Crippen molar-refractivity contribution in [1.29, 1.82) is 0 Å². The lowest BCUT2D eigenvalue weighted by atomic mass is 10.1. The van der Waals surface area contributed by atoms with Crippen LogP contribution in [0.2, 0.25) is 0 Å². The first kappa shape index (κ1) is 12.0. The van der Waals surface area contributed by atoms with E-state index in [1.54, 1.807) is 12.1 Å². The zero-order valence-electron chi connectivity index (χ0n) is 9.93. The molecule has 0 fully saturated rings. The van der Waals surface area contributed by atoms with Gasteiger partial charge >= 0.3 is 5.97 Å². The van der Waals surface area contributed by atoms with Gasteiger partial charge in [0, 0.05) is 23.3 Å². The third kappa shape index (κ3) is 1.67. The van der Waals surface area contributed by atoms with Crippen LogP contribution in [0.15, 0.2) is 18.3 Å². The van der Waals surface area contributed by atoms with E-state index in [4.69, 9.17) is 20.3 Å². The quantitative estimate of drug-likeness (QED) is 0.800. The summed E-state index contributed by atoms with van der Waals surface area (Å²) in [6, 6.07) is 3.23. The van der Waals surface area contributed by atoms with Gasteiger partial charge in [-0.25, -0.2) is 9.78 Å². The molecule has 3 N–H and O–H groups in total. The minimum atomic E-state index is -1.15. The van der Waals surface area contributed by atoms with Crippen LogP contribution < -0.4 is 15.2 Å². The van der Waals surface area contributed by atoms with Crippen molar-refractivity contribution in [3.8, 4) is 11.5 Å². The molecule has 0 saturated carbocycles. The summed E-state index contributed by atoms with van der Waals surface area (Å²) in [6.45, 7) is 0. The van der Waals surface area contributed by atoms with Crippen LogP contribution in [0.3, 0.4) is 0 Å². The highest BCUT2D eigenvalue weighted by Gasteiger charge is 2.19. The first-order chi connectivity index (χ1) is 8.60. The number of nitrogen functional groups attached to an aromatic ring is 1. The van der Waals surface area contributed by atoms with E-state index < -0.39 is 5.97 Å². The van der Waals surface area contributed by atoms with Crippen LogP contribution >= 0.6 is 0 Å². The summed E-state index contributed by atoms with van der Waals surface area (Å²) in [6.07, 6.45) is 1.40. The molecule has 0 saturated heterocycles. The number of nitrogens with two attached hydrogens (primary N) is 1. The van der Waals surface area contributed by atoms with Gasteiger partial charge in [0.25, 0.3) is 0 Å². The lowest BCUT2D eigenvalue weighted by Gasteiger charge is -2.13. The molecule has 6 heteroatoms. The molecular formula is C12H12N2O4. The average Bonchev–Trinajstić information content (AvgIpc) is 2.37. The van der Waals surface area contributed by atoms with Crippen LogP contribution in [0.5, 0.6) is 11.5 Å². The molecule has 1 heterocycles. The molecule has 18 heavy (non-hydrogen) atoms. The number of nitrogens with zero attached hydrogens (tertiary/aromatic N) is 1. The predicted octanol–water partition coefficient (Wildman–Crippen LogP) is 1.53. The minimum Gasteiger partial charge on any atom is -0.493 e. The van der Waals surface area contributed by atoms with Crippen molar-refractivity contribution in [3.05, 3.63) is 24.0 Å². The molecule has 0 amide bonds. The number of methoxy groups -OCH3 is 2. The Labute approximate surface area is 103 Å². The monoisotopic (exact) mass is 248 g/mol. The first-order valence-electron chi connectivity index (χ1n) is 5.12. The molecule has 1 aromatic carbocycles. The van der Waals surface area contributed by atoms with Gasteiger partial charge in [0.1, 0.15) is 0 Å². The molecule has 0 aliphatic heterocycles. The van der Waals surface area contributed by atoms with E-state index in [9.17, 15) is 4.79 Å².